The van der Waals surface area contributed by atoms with Gasteiger partial charge >= 0.3 is 0 Å². The number of hydrogen-bond acceptors (Lipinski definition) is 2. The zero-order chi connectivity index (χ0) is 10.8. The summed E-state index contributed by atoms with van der Waals surface area (Å²) in [5, 5.41) is 9.08. The molecule has 0 bridgehead atoms. The Balaban J connectivity index is 2.49. The summed E-state index contributed by atoms with van der Waals surface area (Å²) >= 11 is 15.0. The van der Waals surface area contributed by atoms with Crippen molar-refractivity contribution in [2.24, 2.45) is 0 Å². The number of aromatic nitrogens is 2. The molecule has 0 aliphatic carbocycles. The van der Waals surface area contributed by atoms with Gasteiger partial charge < -0.3 is 0 Å². The molecule has 0 fully saturated rings. The first-order valence-electron chi connectivity index (χ1n) is 4.11. The second-order valence-corrected chi connectivity index (χ2v) is 4.58. The predicted molar refractivity (Wildman–Crippen MR) is 65.2 cm³/mol. The largest absolute Gasteiger partial charge is 0.149 e. The van der Waals surface area contributed by atoms with Gasteiger partial charge in [-0.05, 0) is 46.3 Å². The van der Waals surface area contributed by atoms with Crippen LogP contribution in [0.1, 0.15) is 0 Å². The van der Waals surface area contributed by atoms with E-state index < -0.39 is 0 Å². The molecule has 0 unspecified atom stereocenters. The third-order valence-electron chi connectivity index (χ3n) is 1.79. The van der Waals surface area contributed by atoms with Gasteiger partial charge in [-0.2, -0.15) is 0 Å². The standard InChI is InChI=1S/C10H5BrCl2N2/c11-10-2-1-9(14-15-10)6-3-7(12)5-8(13)4-6/h1-5H. The number of benzene rings is 1. The average molecular weight is 304 g/mol. The lowest BCUT2D eigenvalue weighted by molar-refractivity contribution is 1.01. The van der Waals surface area contributed by atoms with Crippen LogP contribution in [0, 0.1) is 0 Å². The Morgan fingerprint density at radius 3 is 2.13 bits per heavy atom. The van der Waals surface area contributed by atoms with E-state index in [4.69, 9.17) is 23.2 Å². The van der Waals surface area contributed by atoms with E-state index in [0.717, 1.165) is 11.3 Å². The van der Waals surface area contributed by atoms with E-state index in [0.29, 0.717) is 14.6 Å². The van der Waals surface area contributed by atoms with Gasteiger partial charge in [-0.25, -0.2) is 0 Å². The van der Waals surface area contributed by atoms with Crippen molar-refractivity contribution < 1.29 is 0 Å². The van der Waals surface area contributed by atoms with Crippen LogP contribution in [0.5, 0.6) is 0 Å². The summed E-state index contributed by atoms with van der Waals surface area (Å²) in [6.07, 6.45) is 0. The summed E-state index contributed by atoms with van der Waals surface area (Å²) in [5.41, 5.74) is 1.59. The van der Waals surface area contributed by atoms with Crippen molar-refractivity contribution in [3.63, 3.8) is 0 Å². The molecular formula is C10H5BrCl2N2. The highest BCUT2D eigenvalue weighted by molar-refractivity contribution is 9.10. The van der Waals surface area contributed by atoms with Crippen LogP contribution in [-0.2, 0) is 0 Å². The maximum absolute atomic E-state index is 5.89. The van der Waals surface area contributed by atoms with Crippen LogP contribution in [0.25, 0.3) is 11.3 Å². The summed E-state index contributed by atoms with van der Waals surface area (Å²) in [6, 6.07) is 8.94. The molecule has 0 saturated carbocycles. The van der Waals surface area contributed by atoms with Crippen LogP contribution in [0.3, 0.4) is 0 Å². The van der Waals surface area contributed by atoms with E-state index in [1.54, 1.807) is 18.2 Å². The minimum Gasteiger partial charge on any atom is -0.149 e. The Bertz CT molecular complexity index is 465. The first-order chi connectivity index (χ1) is 7.15. The van der Waals surface area contributed by atoms with Gasteiger partial charge in [0.15, 0.2) is 0 Å². The Labute approximate surface area is 105 Å². The molecule has 1 aromatic heterocycles. The van der Waals surface area contributed by atoms with Crippen molar-refractivity contribution in [2.75, 3.05) is 0 Å². The SMILES string of the molecule is Clc1cc(Cl)cc(-c2ccc(Br)nn2)c1. The molecule has 0 spiro atoms. The smallest absolute Gasteiger partial charge is 0.128 e. The van der Waals surface area contributed by atoms with Gasteiger partial charge in [0.2, 0.25) is 0 Å². The number of hydrogen-bond donors (Lipinski definition) is 0. The maximum Gasteiger partial charge on any atom is 0.128 e. The van der Waals surface area contributed by atoms with Gasteiger partial charge in [-0.15, -0.1) is 10.2 Å². The van der Waals surface area contributed by atoms with Crippen molar-refractivity contribution in [3.05, 3.63) is 45.0 Å². The third-order valence-corrected chi connectivity index (χ3v) is 2.65. The first-order valence-corrected chi connectivity index (χ1v) is 5.66. The van der Waals surface area contributed by atoms with Crippen LogP contribution in [0.15, 0.2) is 34.9 Å². The molecule has 0 N–H and O–H groups in total. The zero-order valence-corrected chi connectivity index (χ0v) is 10.5. The molecule has 1 aromatic carbocycles. The molecule has 0 saturated heterocycles. The molecule has 76 valence electrons. The van der Waals surface area contributed by atoms with Gasteiger partial charge in [0.05, 0.1) is 5.69 Å². The highest BCUT2D eigenvalue weighted by Gasteiger charge is 2.03. The van der Waals surface area contributed by atoms with Crippen LogP contribution < -0.4 is 0 Å². The molecule has 2 nitrogen and oxygen atoms in total. The molecule has 0 atom stereocenters. The number of rotatable bonds is 1. The highest BCUT2D eigenvalue weighted by Crippen LogP contribution is 2.25. The summed E-state index contributed by atoms with van der Waals surface area (Å²) in [6.45, 7) is 0. The van der Waals surface area contributed by atoms with Crippen molar-refractivity contribution >= 4 is 39.1 Å². The van der Waals surface area contributed by atoms with Crippen molar-refractivity contribution in [2.45, 2.75) is 0 Å². The van der Waals surface area contributed by atoms with E-state index >= 15 is 0 Å². The summed E-state index contributed by atoms with van der Waals surface area (Å²) < 4.78 is 0.694. The Morgan fingerprint density at radius 2 is 1.60 bits per heavy atom. The summed E-state index contributed by atoms with van der Waals surface area (Å²) in [5.74, 6) is 0. The molecule has 0 amide bonds. The first kappa shape index (κ1) is 10.9. The van der Waals surface area contributed by atoms with Gasteiger partial charge in [0, 0.05) is 15.6 Å². The predicted octanol–water partition coefficient (Wildman–Crippen LogP) is 4.21. The fourth-order valence-electron chi connectivity index (χ4n) is 1.17. The highest BCUT2D eigenvalue weighted by atomic mass is 79.9. The number of nitrogens with zero attached hydrogens (tertiary/aromatic N) is 2. The van der Waals surface area contributed by atoms with Crippen molar-refractivity contribution in [3.8, 4) is 11.3 Å². The van der Waals surface area contributed by atoms with E-state index in [1.165, 1.54) is 0 Å². The molecule has 1 heterocycles. The minimum atomic E-state index is 0.585. The van der Waals surface area contributed by atoms with Gasteiger partial charge in [-0.1, -0.05) is 23.2 Å². The molecule has 2 rings (SSSR count). The third kappa shape index (κ3) is 2.68. The lowest BCUT2D eigenvalue weighted by Crippen LogP contribution is -1.87. The summed E-state index contributed by atoms with van der Waals surface area (Å²) in [4.78, 5) is 0. The lowest BCUT2D eigenvalue weighted by Gasteiger charge is -2.01. The van der Waals surface area contributed by atoms with Crippen LogP contribution in [0.2, 0.25) is 10.0 Å². The molecule has 0 aliphatic rings. The lowest BCUT2D eigenvalue weighted by atomic mass is 10.1. The molecule has 0 radical (unpaired) electrons. The fraction of sp³-hybridized carbons (Fsp3) is 0. The van der Waals surface area contributed by atoms with E-state index in [9.17, 15) is 0 Å². The monoisotopic (exact) mass is 302 g/mol. The maximum atomic E-state index is 5.89. The molecule has 15 heavy (non-hydrogen) atoms. The second kappa shape index (κ2) is 4.47. The summed E-state index contributed by atoms with van der Waals surface area (Å²) in [7, 11) is 0. The zero-order valence-electron chi connectivity index (χ0n) is 7.42. The quantitative estimate of drug-likeness (QED) is 0.788. The molecule has 2 aromatic rings. The van der Waals surface area contributed by atoms with Gasteiger partial charge in [0.25, 0.3) is 0 Å². The van der Waals surface area contributed by atoms with E-state index in [-0.39, 0.29) is 0 Å². The molecule has 5 heteroatoms. The van der Waals surface area contributed by atoms with Crippen molar-refractivity contribution in [1.82, 2.24) is 10.2 Å². The fourth-order valence-corrected chi connectivity index (χ4v) is 1.91. The van der Waals surface area contributed by atoms with Crippen LogP contribution >= 0.6 is 39.1 Å². The van der Waals surface area contributed by atoms with Crippen LogP contribution in [-0.4, -0.2) is 10.2 Å². The Morgan fingerprint density at radius 1 is 0.933 bits per heavy atom. The van der Waals surface area contributed by atoms with Crippen LogP contribution in [0.4, 0.5) is 0 Å². The van der Waals surface area contributed by atoms with Crippen molar-refractivity contribution in [1.29, 1.82) is 0 Å². The van der Waals surface area contributed by atoms with Gasteiger partial charge in [0.1, 0.15) is 4.60 Å². The number of halogens is 3. The molecule has 0 aliphatic heterocycles. The second-order valence-electron chi connectivity index (χ2n) is 2.90. The topological polar surface area (TPSA) is 25.8 Å². The normalized spacial score (nSPS) is 10.3. The minimum absolute atomic E-state index is 0.585. The van der Waals surface area contributed by atoms with E-state index in [2.05, 4.69) is 26.1 Å². The van der Waals surface area contributed by atoms with E-state index in [1.807, 2.05) is 12.1 Å². The Kier molecular flexibility index (Phi) is 3.24. The van der Waals surface area contributed by atoms with Gasteiger partial charge in [-0.3, -0.25) is 0 Å². The Hall–Kier alpha value is -0.640. The molecular weight excluding hydrogens is 299 g/mol. The average Bonchev–Trinajstić information content (AvgIpc) is 2.17.